The Morgan fingerprint density at radius 3 is 1.57 bits per heavy atom. The van der Waals surface area contributed by atoms with Crippen LogP contribution in [0.15, 0.2) is 57.4 Å². The Morgan fingerprint density at radius 2 is 1.14 bits per heavy atom. The molecule has 0 bridgehead atoms. The number of hydrogen-bond donors (Lipinski definition) is 0. The second-order valence-corrected chi connectivity index (χ2v) is 5.22. The van der Waals surface area contributed by atoms with Gasteiger partial charge in [0, 0.05) is 12.1 Å². The average molecular weight is 280 g/mol. The average Bonchev–Trinajstić information content (AvgIpc) is 2.99. The van der Waals surface area contributed by atoms with E-state index < -0.39 is 0 Å². The van der Waals surface area contributed by atoms with Gasteiger partial charge in [-0.15, -0.1) is 0 Å². The van der Waals surface area contributed by atoms with E-state index in [9.17, 15) is 0 Å². The van der Waals surface area contributed by atoms with E-state index in [1.165, 1.54) is 0 Å². The third-order valence-corrected chi connectivity index (χ3v) is 3.96. The van der Waals surface area contributed by atoms with Crippen LogP contribution < -0.4 is 9.13 Å². The topological polar surface area (TPSA) is 34.0 Å². The number of benzene rings is 2. The Hall–Kier alpha value is -2.62. The third kappa shape index (κ3) is 1.83. The number of hydrogen-bond acceptors (Lipinski definition) is 2. The standard InChI is InChI=1S/C17H16N2O2/c1-18-12-7-3-5-9-14(12)20-16(18)11-17-19(2)13-8-4-6-10-15(13)21-17/h3-10H,11H2,1-2H3/q+2. The number of oxazole rings is 2. The number of para-hydroxylation sites is 4. The Balaban J connectivity index is 1.83. The molecule has 2 heterocycles. The van der Waals surface area contributed by atoms with E-state index in [1.54, 1.807) is 0 Å². The number of rotatable bonds is 2. The molecule has 0 aliphatic carbocycles. The van der Waals surface area contributed by atoms with Crippen molar-refractivity contribution < 1.29 is 18.0 Å². The molecule has 21 heavy (non-hydrogen) atoms. The van der Waals surface area contributed by atoms with Crippen molar-refractivity contribution in [3.8, 4) is 0 Å². The SMILES string of the molecule is C[n+]1c(Cc2oc3ccccc3[n+]2C)oc2ccccc21. The number of aryl methyl sites for hydroxylation is 2. The largest absolute Gasteiger partial charge is 0.401 e. The minimum absolute atomic E-state index is 0.621. The van der Waals surface area contributed by atoms with Gasteiger partial charge < -0.3 is 8.83 Å². The van der Waals surface area contributed by atoms with Gasteiger partial charge in [0.15, 0.2) is 6.42 Å². The van der Waals surface area contributed by atoms with Crippen LogP contribution in [0.25, 0.3) is 22.2 Å². The van der Waals surface area contributed by atoms with E-state index in [0.29, 0.717) is 6.42 Å². The molecule has 4 rings (SSSR count). The molecule has 0 radical (unpaired) electrons. The monoisotopic (exact) mass is 280 g/mol. The van der Waals surface area contributed by atoms with Crippen molar-refractivity contribution in [2.24, 2.45) is 14.1 Å². The maximum atomic E-state index is 5.94. The summed E-state index contributed by atoms with van der Waals surface area (Å²) in [4.78, 5) is 0. The molecule has 0 saturated carbocycles. The van der Waals surface area contributed by atoms with Crippen molar-refractivity contribution in [3.05, 3.63) is 60.3 Å². The summed E-state index contributed by atoms with van der Waals surface area (Å²) in [5.41, 5.74) is 3.97. The summed E-state index contributed by atoms with van der Waals surface area (Å²) in [6, 6.07) is 16.1. The van der Waals surface area contributed by atoms with Gasteiger partial charge in [-0.3, -0.25) is 0 Å². The van der Waals surface area contributed by atoms with Crippen molar-refractivity contribution in [2.75, 3.05) is 0 Å². The summed E-state index contributed by atoms with van der Waals surface area (Å²) in [7, 11) is 4.04. The highest BCUT2D eigenvalue weighted by molar-refractivity contribution is 5.69. The Labute approximate surface area is 121 Å². The predicted octanol–water partition coefficient (Wildman–Crippen LogP) is 2.42. The first-order valence-corrected chi connectivity index (χ1v) is 6.97. The van der Waals surface area contributed by atoms with Crippen LogP contribution in [-0.2, 0) is 20.5 Å². The van der Waals surface area contributed by atoms with E-state index >= 15 is 0 Å². The smallest absolute Gasteiger partial charge is 0.362 e. The summed E-state index contributed by atoms with van der Waals surface area (Å²) < 4.78 is 16.0. The third-order valence-electron chi connectivity index (χ3n) is 3.96. The van der Waals surface area contributed by atoms with Crippen LogP contribution in [0.5, 0.6) is 0 Å². The first-order chi connectivity index (χ1) is 10.2. The first kappa shape index (κ1) is 12.1. The fourth-order valence-electron chi connectivity index (χ4n) is 2.74. The Morgan fingerprint density at radius 1 is 0.714 bits per heavy atom. The molecule has 0 atom stereocenters. The molecule has 0 aliphatic rings. The molecule has 2 aromatic heterocycles. The number of aromatic nitrogens is 2. The van der Waals surface area contributed by atoms with Gasteiger partial charge >= 0.3 is 11.8 Å². The number of fused-ring (bicyclic) bond motifs is 2. The van der Waals surface area contributed by atoms with Crippen LogP contribution in [0.3, 0.4) is 0 Å². The lowest BCUT2D eigenvalue weighted by Crippen LogP contribution is -2.35. The zero-order valence-electron chi connectivity index (χ0n) is 12.0. The summed E-state index contributed by atoms with van der Waals surface area (Å²) >= 11 is 0. The highest BCUT2D eigenvalue weighted by atomic mass is 16.4. The molecule has 0 aliphatic heterocycles. The quantitative estimate of drug-likeness (QED) is 0.528. The number of nitrogens with zero attached hydrogens (tertiary/aromatic N) is 2. The molecule has 0 saturated heterocycles. The molecule has 0 amide bonds. The summed E-state index contributed by atoms with van der Waals surface area (Å²) in [5, 5.41) is 0. The molecule has 4 aromatic rings. The van der Waals surface area contributed by atoms with Crippen LogP contribution in [0, 0.1) is 0 Å². The molecule has 0 fully saturated rings. The molecule has 0 unspecified atom stereocenters. The van der Waals surface area contributed by atoms with E-state index in [1.807, 2.05) is 50.5 Å². The molecule has 2 aromatic carbocycles. The summed E-state index contributed by atoms with van der Waals surface area (Å²) in [6.07, 6.45) is 0.621. The lowest BCUT2D eigenvalue weighted by Gasteiger charge is -1.87. The first-order valence-electron chi connectivity index (χ1n) is 6.97. The summed E-state index contributed by atoms with van der Waals surface area (Å²) in [6.45, 7) is 0. The van der Waals surface area contributed by atoms with Crippen LogP contribution >= 0.6 is 0 Å². The van der Waals surface area contributed by atoms with Gasteiger partial charge in [-0.05, 0) is 12.1 Å². The van der Waals surface area contributed by atoms with Crippen LogP contribution in [0.4, 0.5) is 0 Å². The van der Waals surface area contributed by atoms with Gasteiger partial charge in [0.1, 0.15) is 14.1 Å². The van der Waals surface area contributed by atoms with Gasteiger partial charge in [0.05, 0.1) is 0 Å². The lowest BCUT2D eigenvalue weighted by atomic mass is 10.3. The molecule has 4 nitrogen and oxygen atoms in total. The zero-order chi connectivity index (χ0) is 14.4. The van der Waals surface area contributed by atoms with Crippen LogP contribution in [0.1, 0.15) is 11.8 Å². The maximum Gasteiger partial charge on any atom is 0.362 e. The van der Waals surface area contributed by atoms with Crippen LogP contribution in [0.2, 0.25) is 0 Å². The fraction of sp³-hybridized carbons (Fsp3) is 0.176. The van der Waals surface area contributed by atoms with Crippen molar-refractivity contribution in [3.63, 3.8) is 0 Å². The highest BCUT2D eigenvalue weighted by Gasteiger charge is 2.27. The minimum atomic E-state index is 0.621. The van der Waals surface area contributed by atoms with Crippen molar-refractivity contribution in [1.82, 2.24) is 0 Å². The second kappa shape index (κ2) is 4.45. The molecule has 0 N–H and O–H groups in total. The van der Waals surface area contributed by atoms with Gasteiger partial charge in [0.2, 0.25) is 11.2 Å². The van der Waals surface area contributed by atoms with Gasteiger partial charge in [-0.2, -0.15) is 9.13 Å². The Kier molecular flexibility index (Phi) is 2.57. The predicted molar refractivity (Wildman–Crippen MR) is 77.6 cm³/mol. The fourth-order valence-corrected chi connectivity index (χ4v) is 2.74. The molecule has 4 heteroatoms. The van der Waals surface area contributed by atoms with E-state index in [-0.39, 0.29) is 0 Å². The van der Waals surface area contributed by atoms with Crippen molar-refractivity contribution >= 4 is 22.2 Å². The van der Waals surface area contributed by atoms with E-state index in [4.69, 9.17) is 8.83 Å². The molecular weight excluding hydrogens is 264 g/mol. The van der Waals surface area contributed by atoms with Crippen LogP contribution in [-0.4, -0.2) is 0 Å². The molecule has 104 valence electrons. The van der Waals surface area contributed by atoms with Crippen molar-refractivity contribution in [1.29, 1.82) is 0 Å². The summed E-state index contributed by atoms with van der Waals surface area (Å²) in [5.74, 6) is 1.76. The van der Waals surface area contributed by atoms with E-state index in [0.717, 1.165) is 34.0 Å². The van der Waals surface area contributed by atoms with Gasteiger partial charge in [0.25, 0.3) is 11.0 Å². The minimum Gasteiger partial charge on any atom is -0.401 e. The molecule has 0 spiro atoms. The van der Waals surface area contributed by atoms with Crippen molar-refractivity contribution in [2.45, 2.75) is 6.42 Å². The molecular formula is C17H16N2O2+2. The lowest BCUT2D eigenvalue weighted by molar-refractivity contribution is -0.672. The normalized spacial score (nSPS) is 11.5. The second-order valence-electron chi connectivity index (χ2n) is 5.22. The Bertz CT molecular complexity index is 872. The zero-order valence-corrected chi connectivity index (χ0v) is 12.0. The van der Waals surface area contributed by atoms with Gasteiger partial charge in [-0.1, -0.05) is 24.3 Å². The highest BCUT2D eigenvalue weighted by Crippen LogP contribution is 2.17. The maximum absolute atomic E-state index is 5.94. The van der Waals surface area contributed by atoms with Gasteiger partial charge in [-0.25, -0.2) is 0 Å². The van der Waals surface area contributed by atoms with E-state index in [2.05, 4.69) is 21.3 Å².